The van der Waals surface area contributed by atoms with Crippen LogP contribution in [0.5, 0.6) is 0 Å². The van der Waals surface area contributed by atoms with Gasteiger partial charge in [-0.3, -0.25) is 19.7 Å². The minimum absolute atomic E-state index is 0.0950. The normalized spacial score (nSPS) is 18.7. The van der Waals surface area contributed by atoms with E-state index in [1.165, 1.54) is 24.3 Å². The molecule has 21 heavy (non-hydrogen) atoms. The van der Waals surface area contributed by atoms with Crippen LogP contribution in [0.4, 0.5) is 4.39 Å². The van der Waals surface area contributed by atoms with Gasteiger partial charge in [-0.05, 0) is 24.6 Å². The molecule has 0 bridgehead atoms. The molecule has 1 heterocycles. The Morgan fingerprint density at radius 2 is 2.19 bits per heavy atom. The quantitative estimate of drug-likeness (QED) is 0.655. The monoisotopic (exact) mass is 310 g/mol. The van der Waals surface area contributed by atoms with Crippen LogP contribution in [0.2, 0.25) is 5.02 Å². The van der Waals surface area contributed by atoms with Gasteiger partial charge >= 0.3 is 0 Å². The smallest absolute Gasteiger partial charge is 0.249 e. The molecule has 1 unspecified atom stereocenters. The van der Waals surface area contributed by atoms with Crippen LogP contribution in [0.15, 0.2) is 24.3 Å². The summed E-state index contributed by atoms with van der Waals surface area (Å²) < 4.78 is 13.5. The van der Waals surface area contributed by atoms with E-state index < -0.39 is 23.7 Å². The molecule has 1 saturated heterocycles. The van der Waals surface area contributed by atoms with Gasteiger partial charge in [-0.1, -0.05) is 17.7 Å². The molecule has 0 aromatic heterocycles. The van der Waals surface area contributed by atoms with Crippen LogP contribution in [0.25, 0.3) is 6.08 Å². The Morgan fingerprint density at radius 3 is 2.86 bits per heavy atom. The third-order valence-corrected chi connectivity index (χ3v) is 3.29. The van der Waals surface area contributed by atoms with Crippen LogP contribution in [0.1, 0.15) is 18.4 Å². The second-order valence-corrected chi connectivity index (χ2v) is 4.89. The van der Waals surface area contributed by atoms with Crippen molar-refractivity contribution in [2.45, 2.75) is 18.9 Å². The van der Waals surface area contributed by atoms with Gasteiger partial charge in [0.25, 0.3) is 0 Å². The van der Waals surface area contributed by atoms with Crippen LogP contribution in [0, 0.1) is 5.82 Å². The van der Waals surface area contributed by atoms with Crippen molar-refractivity contribution in [3.05, 3.63) is 40.7 Å². The van der Waals surface area contributed by atoms with Crippen molar-refractivity contribution in [2.75, 3.05) is 0 Å². The van der Waals surface area contributed by atoms with Gasteiger partial charge in [0.15, 0.2) is 0 Å². The van der Waals surface area contributed by atoms with Crippen molar-refractivity contribution in [3.8, 4) is 0 Å². The van der Waals surface area contributed by atoms with Crippen molar-refractivity contribution >= 4 is 35.4 Å². The summed E-state index contributed by atoms with van der Waals surface area (Å²) in [5, 5.41) is 4.75. The van der Waals surface area contributed by atoms with Crippen molar-refractivity contribution in [2.24, 2.45) is 0 Å². The number of hydrogen-bond acceptors (Lipinski definition) is 3. The maximum absolute atomic E-state index is 13.5. The lowest BCUT2D eigenvalue weighted by Crippen LogP contribution is -2.51. The highest BCUT2D eigenvalue weighted by atomic mass is 35.5. The molecule has 0 radical (unpaired) electrons. The largest absolute Gasteiger partial charge is 0.341 e. The van der Waals surface area contributed by atoms with Crippen LogP contribution in [0.3, 0.4) is 0 Å². The molecule has 1 aromatic rings. The fourth-order valence-corrected chi connectivity index (χ4v) is 2.11. The lowest BCUT2D eigenvalue weighted by atomic mass is 10.1. The predicted molar refractivity (Wildman–Crippen MR) is 74.8 cm³/mol. The van der Waals surface area contributed by atoms with Crippen LogP contribution < -0.4 is 10.6 Å². The summed E-state index contributed by atoms with van der Waals surface area (Å²) in [7, 11) is 0. The number of carbonyl (C=O) groups is 3. The van der Waals surface area contributed by atoms with E-state index in [1.807, 2.05) is 0 Å². The zero-order valence-corrected chi connectivity index (χ0v) is 11.6. The maximum Gasteiger partial charge on any atom is 0.249 e. The molecule has 0 saturated carbocycles. The average Bonchev–Trinajstić information content (AvgIpc) is 2.41. The van der Waals surface area contributed by atoms with E-state index in [0.717, 1.165) is 6.08 Å². The Labute approximate surface area is 125 Å². The van der Waals surface area contributed by atoms with E-state index in [4.69, 9.17) is 11.6 Å². The molecule has 110 valence electrons. The second-order valence-electron chi connectivity index (χ2n) is 4.48. The summed E-state index contributed by atoms with van der Waals surface area (Å²) in [5.41, 5.74) is 0.0950. The van der Waals surface area contributed by atoms with Crippen molar-refractivity contribution in [1.82, 2.24) is 10.6 Å². The fourth-order valence-electron chi connectivity index (χ4n) is 1.88. The lowest BCUT2D eigenvalue weighted by Gasteiger charge is -2.20. The molecule has 1 fully saturated rings. The first kappa shape index (κ1) is 15.2. The third-order valence-electron chi connectivity index (χ3n) is 2.96. The van der Waals surface area contributed by atoms with E-state index in [1.54, 1.807) is 0 Å². The molecule has 0 spiro atoms. The molecular formula is C14H12ClFN2O3. The summed E-state index contributed by atoms with van der Waals surface area (Å²) >= 11 is 5.82. The number of rotatable bonds is 3. The fraction of sp³-hybridized carbons (Fsp3) is 0.214. The Hall–Kier alpha value is -2.21. The van der Waals surface area contributed by atoms with Gasteiger partial charge in [0, 0.05) is 18.1 Å². The number of halogens is 2. The standard InChI is InChI=1S/C14H12ClFN2O3/c15-9-2-1-3-10(16)8(9)4-6-12(19)17-11-5-7-13(20)18-14(11)21/h1-4,6,11H,5,7H2,(H,17,19)(H,18,20,21). The Bertz CT molecular complexity index is 610. The molecule has 1 atom stereocenters. The third kappa shape index (κ3) is 3.88. The minimum Gasteiger partial charge on any atom is -0.341 e. The van der Waals surface area contributed by atoms with Gasteiger partial charge in [-0.2, -0.15) is 0 Å². The van der Waals surface area contributed by atoms with E-state index in [2.05, 4.69) is 10.6 Å². The van der Waals surface area contributed by atoms with Gasteiger partial charge in [0.05, 0.1) is 5.02 Å². The van der Waals surface area contributed by atoms with Gasteiger partial charge in [0.2, 0.25) is 17.7 Å². The topological polar surface area (TPSA) is 75.3 Å². The summed E-state index contributed by atoms with van der Waals surface area (Å²) in [4.78, 5) is 34.2. The number of amides is 3. The SMILES string of the molecule is O=C(C=Cc1c(F)cccc1Cl)NC1CCC(=O)NC1=O. The molecule has 1 aliphatic rings. The van der Waals surface area contributed by atoms with E-state index in [9.17, 15) is 18.8 Å². The second kappa shape index (κ2) is 6.49. The molecule has 2 N–H and O–H groups in total. The Kier molecular flexibility index (Phi) is 4.70. The number of nitrogens with one attached hydrogen (secondary N) is 2. The number of carbonyl (C=O) groups excluding carboxylic acids is 3. The van der Waals surface area contributed by atoms with Crippen molar-refractivity contribution < 1.29 is 18.8 Å². The Morgan fingerprint density at radius 1 is 1.43 bits per heavy atom. The molecule has 3 amide bonds. The molecule has 1 aromatic carbocycles. The molecule has 7 heteroatoms. The highest BCUT2D eigenvalue weighted by molar-refractivity contribution is 6.32. The summed E-state index contributed by atoms with van der Waals surface area (Å²) in [6, 6.07) is 3.42. The van der Waals surface area contributed by atoms with Crippen LogP contribution in [-0.4, -0.2) is 23.8 Å². The summed E-state index contributed by atoms with van der Waals surface area (Å²) in [6.07, 6.45) is 2.73. The Balaban J connectivity index is 2.00. The van der Waals surface area contributed by atoms with Crippen LogP contribution >= 0.6 is 11.6 Å². The number of piperidine rings is 1. The lowest BCUT2D eigenvalue weighted by molar-refractivity contribution is -0.136. The van der Waals surface area contributed by atoms with E-state index >= 15 is 0 Å². The van der Waals surface area contributed by atoms with E-state index in [-0.39, 0.29) is 29.3 Å². The molecule has 2 rings (SSSR count). The average molecular weight is 311 g/mol. The number of hydrogen-bond donors (Lipinski definition) is 2. The highest BCUT2D eigenvalue weighted by Gasteiger charge is 2.27. The molecule has 1 aliphatic heterocycles. The van der Waals surface area contributed by atoms with Gasteiger partial charge < -0.3 is 5.32 Å². The predicted octanol–water partition coefficient (Wildman–Crippen LogP) is 1.41. The van der Waals surface area contributed by atoms with E-state index in [0.29, 0.717) is 0 Å². The molecular weight excluding hydrogens is 299 g/mol. The molecule has 5 nitrogen and oxygen atoms in total. The first-order chi connectivity index (χ1) is 9.97. The molecule has 0 aliphatic carbocycles. The minimum atomic E-state index is -0.768. The first-order valence-corrected chi connectivity index (χ1v) is 6.61. The number of benzene rings is 1. The van der Waals surface area contributed by atoms with Gasteiger partial charge in [0.1, 0.15) is 11.9 Å². The van der Waals surface area contributed by atoms with Gasteiger partial charge in [-0.15, -0.1) is 0 Å². The first-order valence-electron chi connectivity index (χ1n) is 6.23. The zero-order chi connectivity index (χ0) is 15.4. The summed E-state index contributed by atoms with van der Waals surface area (Å²) in [5.74, 6) is -2.02. The summed E-state index contributed by atoms with van der Waals surface area (Å²) in [6.45, 7) is 0. The number of imide groups is 1. The zero-order valence-electron chi connectivity index (χ0n) is 10.9. The van der Waals surface area contributed by atoms with Gasteiger partial charge in [-0.25, -0.2) is 4.39 Å². The highest BCUT2D eigenvalue weighted by Crippen LogP contribution is 2.20. The van der Waals surface area contributed by atoms with Crippen molar-refractivity contribution in [1.29, 1.82) is 0 Å². The van der Waals surface area contributed by atoms with Crippen molar-refractivity contribution in [3.63, 3.8) is 0 Å². The maximum atomic E-state index is 13.5. The van der Waals surface area contributed by atoms with Crippen LogP contribution in [-0.2, 0) is 14.4 Å².